The number of guanidine groups is 1. The van der Waals surface area contributed by atoms with Crippen molar-refractivity contribution >= 4 is 17.7 Å². The number of nitrogens with zero attached hydrogens (tertiary/aromatic N) is 1. The van der Waals surface area contributed by atoms with Gasteiger partial charge in [0.1, 0.15) is 0 Å². The molecule has 92 valence electrons. The van der Waals surface area contributed by atoms with Crippen LogP contribution in [0.15, 0.2) is 34.2 Å². The van der Waals surface area contributed by atoms with Crippen LogP contribution in [-0.4, -0.2) is 31.3 Å². The van der Waals surface area contributed by atoms with Gasteiger partial charge in [-0.05, 0) is 25.5 Å². The van der Waals surface area contributed by atoms with Crippen LogP contribution < -0.4 is 10.6 Å². The van der Waals surface area contributed by atoms with E-state index in [0.29, 0.717) is 0 Å². The van der Waals surface area contributed by atoms with Crippen molar-refractivity contribution in [2.75, 3.05) is 25.4 Å². The van der Waals surface area contributed by atoms with Crippen LogP contribution in [0.4, 0.5) is 0 Å². The molecule has 0 amide bonds. The lowest BCUT2D eigenvalue weighted by Gasteiger charge is -2.15. The molecule has 1 heterocycles. The molecule has 1 aliphatic rings. The van der Waals surface area contributed by atoms with Gasteiger partial charge >= 0.3 is 0 Å². The molecular formula is C13H19N3S. The molecule has 0 spiro atoms. The number of hydrogen-bond acceptors (Lipinski definition) is 4. The van der Waals surface area contributed by atoms with E-state index < -0.39 is 0 Å². The highest BCUT2D eigenvalue weighted by Crippen LogP contribution is 2.17. The lowest BCUT2D eigenvalue weighted by Crippen LogP contribution is -2.41. The van der Waals surface area contributed by atoms with E-state index in [4.69, 9.17) is 0 Å². The van der Waals surface area contributed by atoms with Crippen molar-refractivity contribution < 1.29 is 0 Å². The Morgan fingerprint density at radius 3 is 2.88 bits per heavy atom. The Hall–Kier alpha value is -1.16. The third kappa shape index (κ3) is 4.30. The molecule has 2 rings (SSSR count). The van der Waals surface area contributed by atoms with E-state index >= 15 is 0 Å². The molecule has 1 aromatic rings. The first-order valence-corrected chi connectivity index (χ1v) is 7.05. The van der Waals surface area contributed by atoms with Gasteiger partial charge in [0.05, 0.1) is 0 Å². The van der Waals surface area contributed by atoms with E-state index in [-0.39, 0.29) is 0 Å². The van der Waals surface area contributed by atoms with Gasteiger partial charge in [-0.1, -0.05) is 17.7 Å². The fraction of sp³-hybridized carbons (Fsp3) is 0.462. The summed E-state index contributed by atoms with van der Waals surface area (Å²) >= 11 is 1.87. The fourth-order valence-corrected chi connectivity index (χ4v) is 2.39. The summed E-state index contributed by atoms with van der Waals surface area (Å²) in [6, 6.07) is 8.66. The first kappa shape index (κ1) is 12.3. The Kier molecular flexibility index (Phi) is 4.74. The number of thioether (sulfide) groups is 1. The minimum Gasteiger partial charge on any atom is -0.356 e. The highest BCUT2D eigenvalue weighted by Gasteiger charge is 2.02. The SMILES string of the molecule is Cc1ccc(SCCNC2=NCCCN2)cc1. The zero-order valence-corrected chi connectivity index (χ0v) is 11.0. The van der Waals surface area contributed by atoms with Crippen molar-refractivity contribution in [1.82, 2.24) is 10.6 Å². The molecule has 2 N–H and O–H groups in total. The lowest BCUT2D eigenvalue weighted by molar-refractivity contribution is 0.709. The smallest absolute Gasteiger partial charge is 0.191 e. The van der Waals surface area contributed by atoms with E-state index in [2.05, 4.69) is 46.8 Å². The molecule has 1 aromatic carbocycles. The van der Waals surface area contributed by atoms with Gasteiger partial charge in [0.2, 0.25) is 0 Å². The van der Waals surface area contributed by atoms with Gasteiger partial charge in [0.15, 0.2) is 5.96 Å². The maximum absolute atomic E-state index is 4.37. The molecule has 0 aliphatic carbocycles. The second-order valence-corrected chi connectivity index (χ2v) is 5.27. The molecule has 0 saturated heterocycles. The largest absolute Gasteiger partial charge is 0.356 e. The number of aliphatic imine (C=N–C) groups is 1. The predicted octanol–water partition coefficient (Wildman–Crippen LogP) is 2.03. The van der Waals surface area contributed by atoms with Crippen LogP contribution >= 0.6 is 11.8 Å². The molecular weight excluding hydrogens is 230 g/mol. The molecule has 0 fully saturated rings. The zero-order chi connectivity index (χ0) is 11.9. The molecule has 0 saturated carbocycles. The van der Waals surface area contributed by atoms with Gasteiger partial charge in [-0.3, -0.25) is 4.99 Å². The third-order valence-corrected chi connectivity index (χ3v) is 3.60. The summed E-state index contributed by atoms with van der Waals surface area (Å²) in [7, 11) is 0. The summed E-state index contributed by atoms with van der Waals surface area (Å²) in [4.78, 5) is 5.70. The second-order valence-electron chi connectivity index (χ2n) is 4.10. The quantitative estimate of drug-likeness (QED) is 0.633. The predicted molar refractivity (Wildman–Crippen MR) is 74.8 cm³/mol. The summed E-state index contributed by atoms with van der Waals surface area (Å²) in [5.41, 5.74) is 1.31. The molecule has 4 heteroatoms. The second kappa shape index (κ2) is 6.55. The first-order chi connectivity index (χ1) is 8.34. The molecule has 0 unspecified atom stereocenters. The van der Waals surface area contributed by atoms with Gasteiger partial charge in [-0.25, -0.2) is 0 Å². The van der Waals surface area contributed by atoms with Crippen molar-refractivity contribution in [2.45, 2.75) is 18.2 Å². The van der Waals surface area contributed by atoms with Crippen molar-refractivity contribution in [2.24, 2.45) is 4.99 Å². The number of aryl methyl sites for hydroxylation is 1. The summed E-state index contributed by atoms with van der Waals surface area (Å²) in [6.45, 7) is 5.05. The third-order valence-electron chi connectivity index (χ3n) is 2.58. The number of rotatable bonds is 4. The van der Waals surface area contributed by atoms with Crippen LogP contribution in [0.3, 0.4) is 0 Å². The number of hydrogen-bond donors (Lipinski definition) is 2. The van der Waals surface area contributed by atoms with Crippen molar-refractivity contribution in [3.8, 4) is 0 Å². The molecule has 1 aliphatic heterocycles. The average Bonchev–Trinajstić information content (AvgIpc) is 2.38. The van der Waals surface area contributed by atoms with Crippen LogP contribution in [0.25, 0.3) is 0 Å². The van der Waals surface area contributed by atoms with E-state index in [1.54, 1.807) is 0 Å². The Morgan fingerprint density at radius 1 is 1.35 bits per heavy atom. The number of benzene rings is 1. The Bertz CT molecular complexity index is 373. The Labute approximate surface area is 107 Å². The summed E-state index contributed by atoms with van der Waals surface area (Å²) in [5.74, 6) is 2.02. The molecule has 17 heavy (non-hydrogen) atoms. The van der Waals surface area contributed by atoms with Gasteiger partial charge in [0.25, 0.3) is 0 Å². The van der Waals surface area contributed by atoms with Crippen LogP contribution in [0, 0.1) is 6.92 Å². The minimum atomic E-state index is 0.945. The van der Waals surface area contributed by atoms with Gasteiger partial charge in [-0.15, -0.1) is 11.8 Å². The fourth-order valence-electron chi connectivity index (χ4n) is 1.62. The van der Waals surface area contributed by atoms with Gasteiger partial charge in [0, 0.05) is 30.3 Å². The van der Waals surface area contributed by atoms with E-state index in [1.165, 1.54) is 10.5 Å². The topological polar surface area (TPSA) is 36.4 Å². The van der Waals surface area contributed by atoms with Crippen LogP contribution in [0.1, 0.15) is 12.0 Å². The average molecular weight is 249 g/mol. The van der Waals surface area contributed by atoms with E-state index in [9.17, 15) is 0 Å². The Balaban J connectivity index is 1.66. The Morgan fingerprint density at radius 2 is 2.18 bits per heavy atom. The monoisotopic (exact) mass is 249 g/mol. The first-order valence-electron chi connectivity index (χ1n) is 6.06. The minimum absolute atomic E-state index is 0.945. The lowest BCUT2D eigenvalue weighted by atomic mass is 10.2. The van der Waals surface area contributed by atoms with Crippen LogP contribution in [0.2, 0.25) is 0 Å². The molecule has 3 nitrogen and oxygen atoms in total. The summed E-state index contributed by atoms with van der Waals surface area (Å²) < 4.78 is 0. The summed E-state index contributed by atoms with van der Waals surface area (Å²) in [5, 5.41) is 6.58. The van der Waals surface area contributed by atoms with Crippen LogP contribution in [-0.2, 0) is 0 Å². The van der Waals surface area contributed by atoms with Crippen molar-refractivity contribution in [3.05, 3.63) is 29.8 Å². The van der Waals surface area contributed by atoms with Gasteiger partial charge < -0.3 is 10.6 Å². The number of nitrogens with one attached hydrogen (secondary N) is 2. The molecule has 0 radical (unpaired) electrons. The van der Waals surface area contributed by atoms with E-state index in [1.807, 2.05) is 11.8 Å². The van der Waals surface area contributed by atoms with Crippen LogP contribution in [0.5, 0.6) is 0 Å². The molecule has 0 atom stereocenters. The van der Waals surface area contributed by atoms with E-state index in [0.717, 1.165) is 37.8 Å². The molecule has 0 aromatic heterocycles. The van der Waals surface area contributed by atoms with Gasteiger partial charge in [-0.2, -0.15) is 0 Å². The maximum atomic E-state index is 4.37. The zero-order valence-electron chi connectivity index (χ0n) is 10.2. The maximum Gasteiger partial charge on any atom is 0.191 e. The highest BCUT2D eigenvalue weighted by atomic mass is 32.2. The normalized spacial score (nSPS) is 15.0. The highest BCUT2D eigenvalue weighted by molar-refractivity contribution is 7.99. The van der Waals surface area contributed by atoms with Crippen molar-refractivity contribution in [1.29, 1.82) is 0 Å². The summed E-state index contributed by atoms with van der Waals surface area (Å²) in [6.07, 6.45) is 1.14. The molecule has 0 bridgehead atoms. The van der Waals surface area contributed by atoms with Crippen molar-refractivity contribution in [3.63, 3.8) is 0 Å². The standard InChI is InChI=1S/C13H19N3S/c1-11-3-5-12(6-4-11)17-10-9-16-13-14-7-2-8-15-13/h3-6H,2,7-10H2,1H3,(H2,14,15,16).